The first-order chi connectivity index (χ1) is 13.8. The molecule has 11 heteroatoms. The molecule has 2 heterocycles. The van der Waals surface area contributed by atoms with Gasteiger partial charge in [-0.05, 0) is 24.3 Å². The van der Waals surface area contributed by atoms with E-state index in [0.717, 1.165) is 12.1 Å². The lowest BCUT2D eigenvalue weighted by atomic mass is 10.0. The second-order valence-electron chi connectivity index (χ2n) is 6.38. The predicted octanol–water partition coefficient (Wildman–Crippen LogP) is 1.38. The zero-order valence-electron chi connectivity index (χ0n) is 15.3. The van der Waals surface area contributed by atoms with Gasteiger partial charge in [-0.25, -0.2) is 0 Å². The highest BCUT2D eigenvalue weighted by Crippen LogP contribution is 2.35. The summed E-state index contributed by atoms with van der Waals surface area (Å²) >= 11 is 0. The number of nitrogens with zero attached hydrogens (tertiary/aromatic N) is 4. The van der Waals surface area contributed by atoms with Crippen LogP contribution in [-0.4, -0.2) is 59.6 Å². The molecule has 0 bridgehead atoms. The quantitative estimate of drug-likeness (QED) is 0.801. The number of nitriles is 1. The number of hydrogen-bond acceptors (Lipinski definition) is 5. The Morgan fingerprint density at radius 2 is 2.07 bits per heavy atom. The summed E-state index contributed by atoms with van der Waals surface area (Å²) in [5, 5.41) is 17.7. The number of benzene rings is 1. The summed E-state index contributed by atoms with van der Waals surface area (Å²) in [6.07, 6.45) is -3.28. The minimum atomic E-state index is -4.71. The van der Waals surface area contributed by atoms with E-state index in [1.54, 1.807) is 0 Å². The van der Waals surface area contributed by atoms with Gasteiger partial charge in [0, 0.05) is 32.0 Å². The number of carbonyl (C=O) groups is 2. The van der Waals surface area contributed by atoms with Crippen LogP contribution < -0.4 is 10.2 Å². The number of anilines is 1. The van der Waals surface area contributed by atoms with Crippen LogP contribution in [0.5, 0.6) is 0 Å². The molecule has 152 valence electrons. The summed E-state index contributed by atoms with van der Waals surface area (Å²) in [6, 6.07) is 5.46. The van der Waals surface area contributed by atoms with Crippen LogP contribution in [-0.2, 0) is 11.0 Å². The van der Waals surface area contributed by atoms with E-state index >= 15 is 0 Å². The van der Waals surface area contributed by atoms with Crippen LogP contribution in [0, 0.1) is 11.3 Å². The van der Waals surface area contributed by atoms with Gasteiger partial charge in [0.15, 0.2) is 0 Å². The first-order valence-corrected chi connectivity index (χ1v) is 8.64. The molecule has 2 aromatic rings. The number of hydrogen-bond donors (Lipinski definition) is 2. The van der Waals surface area contributed by atoms with Gasteiger partial charge >= 0.3 is 6.18 Å². The molecule has 3 rings (SSSR count). The van der Waals surface area contributed by atoms with E-state index in [4.69, 9.17) is 5.26 Å². The number of likely N-dealkylation sites (N-methyl/N-ethyl adjacent to an activating group) is 1. The molecule has 1 unspecified atom stereocenters. The Morgan fingerprint density at radius 3 is 2.66 bits per heavy atom. The third-order valence-corrected chi connectivity index (χ3v) is 4.71. The predicted molar refractivity (Wildman–Crippen MR) is 95.9 cm³/mol. The number of piperazine rings is 1. The van der Waals surface area contributed by atoms with Crippen LogP contribution in [0.1, 0.15) is 21.6 Å². The second-order valence-corrected chi connectivity index (χ2v) is 6.38. The lowest BCUT2D eigenvalue weighted by Gasteiger charge is -2.41. The number of halogens is 3. The third-order valence-electron chi connectivity index (χ3n) is 4.71. The van der Waals surface area contributed by atoms with Gasteiger partial charge in [0.05, 0.1) is 23.7 Å². The SMILES string of the molecule is CNC(=O)C1CN(C(=O)c2ccn[nH]2)CCN1c1ccc(C#N)c(C(F)(F)F)c1. The van der Waals surface area contributed by atoms with E-state index in [1.807, 2.05) is 0 Å². The molecule has 0 saturated carbocycles. The van der Waals surface area contributed by atoms with Crippen molar-refractivity contribution in [3.8, 4) is 6.07 Å². The molecule has 0 aliphatic carbocycles. The molecule has 1 atom stereocenters. The van der Waals surface area contributed by atoms with Crippen molar-refractivity contribution in [3.05, 3.63) is 47.3 Å². The molecule has 0 spiro atoms. The average molecular weight is 406 g/mol. The summed E-state index contributed by atoms with van der Waals surface area (Å²) < 4.78 is 40.0. The molecule has 1 aliphatic rings. The molecule has 1 fully saturated rings. The van der Waals surface area contributed by atoms with Crippen LogP contribution in [0.25, 0.3) is 0 Å². The van der Waals surface area contributed by atoms with Gasteiger partial charge in [-0.15, -0.1) is 0 Å². The van der Waals surface area contributed by atoms with Gasteiger partial charge in [-0.1, -0.05) is 0 Å². The molecular weight excluding hydrogens is 389 g/mol. The van der Waals surface area contributed by atoms with Crippen LogP contribution in [0.4, 0.5) is 18.9 Å². The zero-order valence-corrected chi connectivity index (χ0v) is 15.3. The standard InChI is InChI=1S/C18H17F3N6O2/c1-23-16(28)15-10-26(17(29)14-4-5-24-25-14)6-7-27(15)12-3-2-11(9-22)13(8-12)18(19,20)21/h2-5,8,15H,6-7,10H2,1H3,(H,23,28)(H,24,25). The van der Waals surface area contributed by atoms with E-state index in [-0.39, 0.29) is 36.9 Å². The summed E-state index contributed by atoms with van der Waals surface area (Å²) in [7, 11) is 1.41. The van der Waals surface area contributed by atoms with Crippen LogP contribution in [0.15, 0.2) is 30.5 Å². The molecule has 1 aliphatic heterocycles. The number of rotatable bonds is 3. The van der Waals surface area contributed by atoms with Crippen molar-refractivity contribution in [2.24, 2.45) is 0 Å². The normalized spacial score (nSPS) is 17.0. The van der Waals surface area contributed by atoms with Gasteiger partial charge in [0.25, 0.3) is 5.91 Å². The fourth-order valence-corrected chi connectivity index (χ4v) is 3.26. The number of alkyl halides is 3. The number of carbonyl (C=O) groups excluding carboxylic acids is 2. The van der Waals surface area contributed by atoms with E-state index < -0.39 is 29.3 Å². The van der Waals surface area contributed by atoms with Crippen LogP contribution in [0.3, 0.4) is 0 Å². The van der Waals surface area contributed by atoms with Crippen molar-refractivity contribution in [2.45, 2.75) is 12.2 Å². The molecular formula is C18H17F3N6O2. The average Bonchev–Trinajstić information content (AvgIpc) is 3.26. The van der Waals surface area contributed by atoms with Gasteiger partial charge in [0.2, 0.25) is 5.91 Å². The fourth-order valence-electron chi connectivity index (χ4n) is 3.26. The van der Waals surface area contributed by atoms with E-state index in [9.17, 15) is 22.8 Å². The Kier molecular flexibility index (Phi) is 5.45. The number of aromatic nitrogens is 2. The van der Waals surface area contributed by atoms with Crippen LogP contribution in [0.2, 0.25) is 0 Å². The van der Waals surface area contributed by atoms with Crippen LogP contribution >= 0.6 is 0 Å². The summed E-state index contributed by atoms with van der Waals surface area (Å²) in [4.78, 5) is 27.9. The Hall–Kier alpha value is -3.55. The molecule has 29 heavy (non-hydrogen) atoms. The Morgan fingerprint density at radius 1 is 1.31 bits per heavy atom. The molecule has 0 radical (unpaired) electrons. The van der Waals surface area contributed by atoms with E-state index in [1.165, 1.54) is 41.2 Å². The maximum atomic E-state index is 13.3. The first kappa shape index (κ1) is 20.2. The van der Waals surface area contributed by atoms with Gasteiger partial charge in [-0.2, -0.15) is 23.5 Å². The Bertz CT molecular complexity index is 951. The largest absolute Gasteiger partial charge is 0.417 e. The number of amides is 2. The zero-order chi connectivity index (χ0) is 21.2. The minimum Gasteiger partial charge on any atom is -0.357 e. The maximum absolute atomic E-state index is 13.3. The summed E-state index contributed by atoms with van der Waals surface area (Å²) in [5.74, 6) is -0.795. The minimum absolute atomic E-state index is 0.0150. The van der Waals surface area contributed by atoms with E-state index in [0.29, 0.717) is 0 Å². The number of H-pyrrole nitrogens is 1. The molecule has 1 aromatic heterocycles. The fraction of sp³-hybridized carbons (Fsp3) is 0.333. The lowest BCUT2D eigenvalue weighted by molar-refractivity contribution is -0.137. The van der Waals surface area contributed by atoms with Crippen molar-refractivity contribution >= 4 is 17.5 Å². The van der Waals surface area contributed by atoms with Crippen molar-refractivity contribution in [2.75, 3.05) is 31.6 Å². The summed E-state index contributed by atoms with van der Waals surface area (Å²) in [6.45, 7) is 0.326. The molecule has 2 N–H and O–H groups in total. The molecule has 1 saturated heterocycles. The van der Waals surface area contributed by atoms with Crippen molar-refractivity contribution < 1.29 is 22.8 Å². The van der Waals surface area contributed by atoms with Gasteiger partial charge in [-0.3, -0.25) is 14.7 Å². The highest BCUT2D eigenvalue weighted by Gasteiger charge is 2.38. The first-order valence-electron chi connectivity index (χ1n) is 8.64. The molecule has 2 amide bonds. The molecule has 8 nitrogen and oxygen atoms in total. The smallest absolute Gasteiger partial charge is 0.357 e. The highest BCUT2D eigenvalue weighted by atomic mass is 19.4. The lowest BCUT2D eigenvalue weighted by Crippen LogP contribution is -2.60. The maximum Gasteiger partial charge on any atom is 0.417 e. The summed E-state index contributed by atoms with van der Waals surface area (Å²) in [5.41, 5.74) is -1.15. The Balaban J connectivity index is 1.92. The topological polar surface area (TPSA) is 105 Å². The Labute approximate surface area is 163 Å². The highest BCUT2D eigenvalue weighted by molar-refractivity contribution is 5.94. The van der Waals surface area contributed by atoms with Crippen molar-refractivity contribution in [1.82, 2.24) is 20.4 Å². The van der Waals surface area contributed by atoms with Gasteiger partial charge in [0.1, 0.15) is 11.7 Å². The second kappa shape index (κ2) is 7.83. The van der Waals surface area contributed by atoms with Gasteiger partial charge < -0.3 is 15.1 Å². The van der Waals surface area contributed by atoms with Crippen molar-refractivity contribution in [1.29, 1.82) is 5.26 Å². The monoisotopic (exact) mass is 406 g/mol. The van der Waals surface area contributed by atoms with E-state index in [2.05, 4.69) is 15.5 Å². The van der Waals surface area contributed by atoms with Crippen molar-refractivity contribution in [3.63, 3.8) is 0 Å². The molecule has 1 aromatic carbocycles. The number of nitrogens with one attached hydrogen (secondary N) is 2. The number of aromatic amines is 1. The third kappa shape index (κ3) is 4.01.